The van der Waals surface area contributed by atoms with Gasteiger partial charge in [-0.05, 0) is 11.5 Å². The van der Waals surface area contributed by atoms with E-state index in [9.17, 15) is 14.4 Å². The van der Waals surface area contributed by atoms with E-state index in [0.29, 0.717) is 6.29 Å². The standard InChI is InChI=1S/C16H22N2O5/c1-11(2)14(15(21)17-13(8-19)9-20)18-16(22)23-10-12-6-4-3-5-7-12/h3-8,11,13-14,20H,9-10H2,1-2H3,(H,17,21)(H,18,22)/t13-,14+/m1/s1. The van der Waals surface area contributed by atoms with Gasteiger partial charge in [-0.2, -0.15) is 0 Å². The van der Waals surface area contributed by atoms with E-state index in [4.69, 9.17) is 9.84 Å². The van der Waals surface area contributed by atoms with Crippen molar-refractivity contribution in [3.63, 3.8) is 0 Å². The third kappa shape index (κ3) is 6.48. The van der Waals surface area contributed by atoms with Crippen molar-refractivity contribution in [2.75, 3.05) is 6.61 Å². The molecule has 0 spiro atoms. The number of alkyl carbamates (subject to hydrolysis) is 1. The molecule has 0 radical (unpaired) electrons. The Morgan fingerprint density at radius 1 is 1.22 bits per heavy atom. The van der Waals surface area contributed by atoms with Crippen molar-refractivity contribution in [1.29, 1.82) is 0 Å². The Bertz CT molecular complexity index is 518. The largest absolute Gasteiger partial charge is 0.445 e. The first-order valence-corrected chi connectivity index (χ1v) is 7.31. The van der Waals surface area contributed by atoms with Gasteiger partial charge in [0, 0.05) is 0 Å². The molecule has 2 atom stereocenters. The molecule has 0 aliphatic carbocycles. The Morgan fingerprint density at radius 3 is 2.39 bits per heavy atom. The predicted molar refractivity (Wildman–Crippen MR) is 83.5 cm³/mol. The average Bonchev–Trinajstić information content (AvgIpc) is 2.56. The van der Waals surface area contributed by atoms with Gasteiger partial charge >= 0.3 is 6.09 Å². The summed E-state index contributed by atoms with van der Waals surface area (Å²) >= 11 is 0. The fourth-order valence-corrected chi connectivity index (χ4v) is 1.82. The van der Waals surface area contributed by atoms with Crippen molar-refractivity contribution in [2.24, 2.45) is 5.92 Å². The van der Waals surface area contributed by atoms with Crippen molar-refractivity contribution in [3.8, 4) is 0 Å². The lowest BCUT2D eigenvalue weighted by molar-refractivity contribution is -0.127. The lowest BCUT2D eigenvalue weighted by atomic mass is 10.0. The van der Waals surface area contributed by atoms with Crippen LogP contribution in [0.2, 0.25) is 0 Å². The minimum absolute atomic E-state index is 0.0900. The Hall–Kier alpha value is -2.41. The van der Waals surface area contributed by atoms with Crippen molar-refractivity contribution in [1.82, 2.24) is 10.6 Å². The molecule has 1 aromatic carbocycles. The van der Waals surface area contributed by atoms with Gasteiger partial charge in [-0.3, -0.25) is 4.79 Å². The zero-order valence-corrected chi connectivity index (χ0v) is 13.2. The van der Waals surface area contributed by atoms with Crippen LogP contribution in [0.1, 0.15) is 19.4 Å². The molecule has 1 aromatic rings. The molecule has 7 heteroatoms. The molecule has 23 heavy (non-hydrogen) atoms. The molecule has 0 aromatic heterocycles. The SMILES string of the molecule is CC(C)[C@H](NC(=O)OCc1ccccc1)C(=O)N[C@H](C=O)CO. The predicted octanol–water partition coefficient (Wildman–Crippen LogP) is 0.613. The quantitative estimate of drug-likeness (QED) is 0.608. The minimum atomic E-state index is -0.995. The second-order valence-corrected chi connectivity index (χ2v) is 5.36. The number of benzene rings is 1. The molecule has 0 fully saturated rings. The molecule has 0 saturated heterocycles. The van der Waals surface area contributed by atoms with Gasteiger partial charge in [0.1, 0.15) is 25.0 Å². The summed E-state index contributed by atoms with van der Waals surface area (Å²) in [6.07, 6.45) is -0.294. The summed E-state index contributed by atoms with van der Waals surface area (Å²) in [4.78, 5) is 34.6. The van der Waals surface area contributed by atoms with E-state index in [-0.39, 0.29) is 12.5 Å². The fraction of sp³-hybridized carbons (Fsp3) is 0.438. The van der Waals surface area contributed by atoms with Crippen LogP contribution >= 0.6 is 0 Å². The van der Waals surface area contributed by atoms with Crippen LogP contribution in [0.4, 0.5) is 4.79 Å². The molecule has 0 bridgehead atoms. The molecule has 0 aliphatic heterocycles. The Labute approximate surface area is 135 Å². The molecule has 7 nitrogen and oxygen atoms in total. The average molecular weight is 322 g/mol. The van der Waals surface area contributed by atoms with Crippen LogP contribution in [0.15, 0.2) is 30.3 Å². The van der Waals surface area contributed by atoms with E-state index >= 15 is 0 Å². The number of nitrogens with one attached hydrogen (secondary N) is 2. The summed E-state index contributed by atoms with van der Waals surface area (Å²) in [7, 11) is 0. The second kappa shape index (κ2) is 9.58. The third-order valence-corrected chi connectivity index (χ3v) is 3.12. The Morgan fingerprint density at radius 2 is 1.87 bits per heavy atom. The van der Waals surface area contributed by atoms with E-state index in [1.165, 1.54) is 0 Å². The van der Waals surface area contributed by atoms with Gasteiger partial charge in [-0.1, -0.05) is 44.2 Å². The highest BCUT2D eigenvalue weighted by Crippen LogP contribution is 2.05. The molecule has 1 rings (SSSR count). The van der Waals surface area contributed by atoms with Crippen molar-refractivity contribution in [2.45, 2.75) is 32.5 Å². The number of ether oxygens (including phenoxy) is 1. The van der Waals surface area contributed by atoms with E-state index in [1.54, 1.807) is 13.8 Å². The van der Waals surface area contributed by atoms with Crippen molar-refractivity contribution < 1.29 is 24.2 Å². The molecular formula is C16H22N2O5. The lowest BCUT2D eigenvalue weighted by Gasteiger charge is -2.22. The summed E-state index contributed by atoms with van der Waals surface area (Å²) in [6.45, 7) is 3.08. The molecule has 0 heterocycles. The topological polar surface area (TPSA) is 105 Å². The summed E-state index contributed by atoms with van der Waals surface area (Å²) < 4.78 is 5.07. The van der Waals surface area contributed by atoms with Crippen LogP contribution in [0.25, 0.3) is 0 Å². The fourth-order valence-electron chi connectivity index (χ4n) is 1.82. The molecular weight excluding hydrogens is 300 g/mol. The number of aldehydes is 1. The van der Waals surface area contributed by atoms with Crippen LogP contribution < -0.4 is 10.6 Å². The first-order chi connectivity index (χ1) is 11.0. The van der Waals surface area contributed by atoms with Crippen molar-refractivity contribution in [3.05, 3.63) is 35.9 Å². The van der Waals surface area contributed by atoms with Crippen molar-refractivity contribution >= 4 is 18.3 Å². The maximum Gasteiger partial charge on any atom is 0.408 e. The highest BCUT2D eigenvalue weighted by Gasteiger charge is 2.26. The molecule has 0 saturated carbocycles. The number of hydrogen-bond donors (Lipinski definition) is 3. The summed E-state index contributed by atoms with van der Waals surface area (Å²) in [5.74, 6) is -0.770. The van der Waals surface area contributed by atoms with E-state index in [1.807, 2.05) is 30.3 Å². The number of aliphatic hydroxyl groups is 1. The van der Waals surface area contributed by atoms with Gasteiger partial charge in [0.2, 0.25) is 5.91 Å². The highest BCUT2D eigenvalue weighted by atomic mass is 16.5. The maximum absolute atomic E-state index is 12.1. The van der Waals surface area contributed by atoms with Gasteiger partial charge in [0.25, 0.3) is 0 Å². The van der Waals surface area contributed by atoms with Crippen LogP contribution in [0.5, 0.6) is 0 Å². The first kappa shape index (κ1) is 18.6. The summed E-state index contributed by atoms with van der Waals surface area (Å²) in [5, 5.41) is 13.7. The third-order valence-electron chi connectivity index (χ3n) is 3.12. The molecule has 2 amide bonds. The van der Waals surface area contributed by atoms with Gasteiger partial charge in [-0.25, -0.2) is 4.79 Å². The maximum atomic E-state index is 12.1. The van der Waals surface area contributed by atoms with Gasteiger partial charge in [0.15, 0.2) is 0 Å². The normalized spacial score (nSPS) is 13.0. The zero-order valence-electron chi connectivity index (χ0n) is 13.2. The Balaban J connectivity index is 2.55. The molecule has 126 valence electrons. The van der Waals surface area contributed by atoms with Crippen LogP contribution in [-0.2, 0) is 20.9 Å². The number of hydrogen-bond acceptors (Lipinski definition) is 5. The molecule has 0 unspecified atom stereocenters. The monoisotopic (exact) mass is 322 g/mol. The Kier molecular flexibility index (Phi) is 7.76. The van der Waals surface area contributed by atoms with E-state index < -0.39 is 30.7 Å². The summed E-state index contributed by atoms with van der Waals surface area (Å²) in [6, 6.07) is 7.28. The van der Waals surface area contributed by atoms with Crippen LogP contribution in [0.3, 0.4) is 0 Å². The highest BCUT2D eigenvalue weighted by molar-refractivity contribution is 5.87. The zero-order chi connectivity index (χ0) is 17.2. The number of carbonyl (C=O) groups is 3. The number of amides is 2. The van der Waals surface area contributed by atoms with Gasteiger partial charge in [0.05, 0.1) is 6.61 Å². The van der Waals surface area contributed by atoms with Gasteiger partial charge < -0.3 is 25.3 Å². The number of carbonyl (C=O) groups excluding carboxylic acids is 3. The van der Waals surface area contributed by atoms with E-state index in [2.05, 4.69) is 10.6 Å². The second-order valence-electron chi connectivity index (χ2n) is 5.36. The molecule has 3 N–H and O–H groups in total. The smallest absolute Gasteiger partial charge is 0.408 e. The van der Waals surface area contributed by atoms with Crippen LogP contribution in [0, 0.1) is 5.92 Å². The first-order valence-electron chi connectivity index (χ1n) is 7.31. The number of rotatable bonds is 8. The van der Waals surface area contributed by atoms with Crippen LogP contribution in [-0.4, -0.2) is 42.1 Å². The summed E-state index contributed by atoms with van der Waals surface area (Å²) in [5.41, 5.74) is 0.828. The van der Waals surface area contributed by atoms with Gasteiger partial charge in [-0.15, -0.1) is 0 Å². The van der Waals surface area contributed by atoms with E-state index in [0.717, 1.165) is 5.56 Å². The lowest BCUT2D eigenvalue weighted by Crippen LogP contribution is -2.53. The minimum Gasteiger partial charge on any atom is -0.445 e. The molecule has 0 aliphatic rings. The number of aliphatic hydroxyl groups excluding tert-OH is 1.